The Kier molecular flexibility index (Phi) is 6.54. The third-order valence-corrected chi connectivity index (χ3v) is 4.29. The van der Waals surface area contributed by atoms with Gasteiger partial charge in [-0.1, -0.05) is 0 Å². The van der Waals surface area contributed by atoms with E-state index in [1.54, 1.807) is 10.9 Å². The second-order valence-electron chi connectivity index (χ2n) is 5.83. The number of alkyl halides is 3. The fourth-order valence-electron chi connectivity index (χ4n) is 2.28. The Morgan fingerprint density at radius 2 is 2.04 bits per heavy atom. The number of hydrogen-bond donors (Lipinski definition) is 3. The van der Waals surface area contributed by atoms with Crippen molar-refractivity contribution in [1.29, 1.82) is 0 Å². The van der Waals surface area contributed by atoms with Crippen molar-refractivity contribution in [2.75, 3.05) is 0 Å². The molecule has 27 heavy (non-hydrogen) atoms. The quantitative estimate of drug-likeness (QED) is 0.674. The smallest absolute Gasteiger partial charge is 0.480 e. The van der Waals surface area contributed by atoms with E-state index < -0.39 is 24.2 Å². The van der Waals surface area contributed by atoms with Gasteiger partial charge in [0.2, 0.25) is 0 Å². The van der Waals surface area contributed by atoms with E-state index in [-0.39, 0.29) is 0 Å². The van der Waals surface area contributed by atoms with Gasteiger partial charge >= 0.3 is 18.1 Å². The van der Waals surface area contributed by atoms with Crippen LogP contribution in [-0.2, 0) is 23.2 Å². The van der Waals surface area contributed by atoms with Crippen LogP contribution in [0.4, 0.5) is 13.2 Å². The second kappa shape index (κ2) is 8.48. The van der Waals surface area contributed by atoms with Gasteiger partial charge in [0.05, 0.1) is 16.9 Å². The third kappa shape index (κ3) is 6.03. The topological polar surface area (TPSA) is 117 Å². The molecule has 3 N–H and O–H groups in total. The lowest BCUT2D eigenvalue weighted by molar-refractivity contribution is -0.192. The predicted octanol–water partition coefficient (Wildman–Crippen LogP) is 2.30. The Hall–Kier alpha value is -2.47. The zero-order chi connectivity index (χ0) is 20.2. The summed E-state index contributed by atoms with van der Waals surface area (Å²) in [4.78, 5) is 24.2. The number of nitrogens with zero attached hydrogens (tertiary/aromatic N) is 3. The van der Waals surface area contributed by atoms with Crippen molar-refractivity contribution in [1.82, 2.24) is 20.1 Å². The highest BCUT2D eigenvalue weighted by atomic mass is 32.1. The largest absolute Gasteiger partial charge is 0.490 e. The van der Waals surface area contributed by atoms with E-state index in [4.69, 9.17) is 9.90 Å². The molecule has 0 amide bonds. The minimum absolute atomic E-state index is 0.426. The Morgan fingerprint density at radius 3 is 2.48 bits per heavy atom. The molecule has 0 aliphatic heterocycles. The van der Waals surface area contributed by atoms with Crippen LogP contribution in [0.25, 0.3) is 0 Å². The fraction of sp³-hybridized carbons (Fsp3) is 0.467. The highest BCUT2D eigenvalue weighted by Gasteiger charge is 2.38. The summed E-state index contributed by atoms with van der Waals surface area (Å²) in [6.07, 6.45) is -2.63. The Labute approximate surface area is 155 Å². The summed E-state index contributed by atoms with van der Waals surface area (Å²) in [5, 5.41) is 25.6. The molecular weight excluding hydrogens is 389 g/mol. The number of carbonyl (C=O) groups is 2. The molecule has 0 saturated heterocycles. The van der Waals surface area contributed by atoms with Gasteiger partial charge in [0.15, 0.2) is 0 Å². The van der Waals surface area contributed by atoms with Crippen molar-refractivity contribution in [2.24, 2.45) is 7.05 Å². The number of aliphatic carboxylic acids is 2. The molecular formula is C15H17F3N4O4S. The van der Waals surface area contributed by atoms with Crippen LogP contribution in [0.5, 0.6) is 0 Å². The molecule has 1 unspecified atom stereocenters. The van der Waals surface area contributed by atoms with Gasteiger partial charge in [-0.3, -0.25) is 14.8 Å². The SMILES string of the molecule is Cn1nc(CNC(C(=O)O)c2cscn2)cc1C1CC1.O=C(O)C(F)(F)F. The second-order valence-corrected chi connectivity index (χ2v) is 6.55. The van der Waals surface area contributed by atoms with Gasteiger partial charge in [-0.25, -0.2) is 9.78 Å². The molecule has 1 atom stereocenters. The standard InChI is InChI=1S/C13H16N4O2S.C2HF3O2/c1-17-11(8-2-3-8)4-9(16-17)5-14-12(13(18)19)10-6-20-7-15-10;3-2(4,5)1(6)7/h4,6-8,12,14H,2-3,5H2,1H3,(H,18,19);(H,6,7). The van der Waals surface area contributed by atoms with Gasteiger partial charge < -0.3 is 10.2 Å². The fourth-order valence-corrected chi connectivity index (χ4v) is 2.86. The average Bonchev–Trinajstić information content (AvgIpc) is 3.12. The van der Waals surface area contributed by atoms with Crippen LogP contribution < -0.4 is 5.32 Å². The molecule has 1 fully saturated rings. The summed E-state index contributed by atoms with van der Waals surface area (Å²) < 4.78 is 33.6. The van der Waals surface area contributed by atoms with E-state index in [0.717, 1.165) is 5.69 Å². The van der Waals surface area contributed by atoms with Gasteiger partial charge in [-0.05, 0) is 18.9 Å². The maximum atomic E-state index is 11.3. The molecule has 2 aromatic rings. The molecule has 148 valence electrons. The number of aromatic nitrogens is 3. The van der Waals surface area contributed by atoms with Gasteiger partial charge in [0.1, 0.15) is 6.04 Å². The van der Waals surface area contributed by atoms with E-state index in [0.29, 0.717) is 18.2 Å². The first-order valence-electron chi connectivity index (χ1n) is 7.76. The number of halogens is 3. The van der Waals surface area contributed by atoms with Crippen LogP contribution in [0.3, 0.4) is 0 Å². The zero-order valence-electron chi connectivity index (χ0n) is 14.1. The molecule has 1 aliphatic rings. The normalized spacial score (nSPS) is 15.0. The number of aryl methyl sites for hydroxylation is 1. The molecule has 3 rings (SSSR count). The first-order valence-corrected chi connectivity index (χ1v) is 8.71. The van der Waals surface area contributed by atoms with Crippen molar-refractivity contribution >= 4 is 23.3 Å². The molecule has 2 aromatic heterocycles. The molecule has 12 heteroatoms. The zero-order valence-corrected chi connectivity index (χ0v) is 14.9. The summed E-state index contributed by atoms with van der Waals surface area (Å²) in [5.41, 5.74) is 4.29. The number of rotatable bonds is 6. The van der Waals surface area contributed by atoms with E-state index in [1.807, 2.05) is 11.7 Å². The molecule has 1 aliphatic carbocycles. The summed E-state index contributed by atoms with van der Waals surface area (Å²) >= 11 is 1.39. The lowest BCUT2D eigenvalue weighted by Gasteiger charge is -2.10. The lowest BCUT2D eigenvalue weighted by Crippen LogP contribution is -2.28. The minimum Gasteiger partial charge on any atom is -0.480 e. The predicted molar refractivity (Wildman–Crippen MR) is 88.2 cm³/mol. The van der Waals surface area contributed by atoms with Crippen molar-refractivity contribution in [3.8, 4) is 0 Å². The van der Waals surface area contributed by atoms with Crippen LogP contribution in [0.2, 0.25) is 0 Å². The number of carboxylic acids is 2. The van der Waals surface area contributed by atoms with Gasteiger partial charge in [-0.15, -0.1) is 11.3 Å². The van der Waals surface area contributed by atoms with Crippen LogP contribution in [0.15, 0.2) is 17.0 Å². The number of carboxylic acid groups (broad SMARTS) is 2. The average molecular weight is 406 g/mol. The molecule has 2 heterocycles. The lowest BCUT2D eigenvalue weighted by atomic mass is 10.2. The van der Waals surface area contributed by atoms with Crippen LogP contribution in [0.1, 0.15) is 41.9 Å². The highest BCUT2D eigenvalue weighted by molar-refractivity contribution is 7.07. The monoisotopic (exact) mass is 406 g/mol. The van der Waals surface area contributed by atoms with E-state index >= 15 is 0 Å². The third-order valence-electron chi connectivity index (χ3n) is 3.69. The summed E-state index contributed by atoms with van der Waals surface area (Å²) in [6, 6.07) is 1.28. The van der Waals surface area contributed by atoms with Crippen molar-refractivity contribution in [2.45, 2.75) is 37.5 Å². The van der Waals surface area contributed by atoms with Gasteiger partial charge in [-0.2, -0.15) is 18.3 Å². The van der Waals surface area contributed by atoms with Crippen LogP contribution >= 0.6 is 11.3 Å². The number of thiazole rings is 1. The minimum atomic E-state index is -5.08. The molecule has 0 radical (unpaired) electrons. The molecule has 0 aromatic carbocycles. The number of hydrogen-bond acceptors (Lipinski definition) is 6. The van der Waals surface area contributed by atoms with E-state index in [1.165, 1.54) is 29.9 Å². The molecule has 0 spiro atoms. The number of nitrogens with one attached hydrogen (secondary N) is 1. The van der Waals surface area contributed by atoms with Crippen molar-refractivity contribution < 1.29 is 33.0 Å². The van der Waals surface area contributed by atoms with Crippen molar-refractivity contribution in [3.05, 3.63) is 34.0 Å². The Bertz CT molecular complexity index is 788. The maximum absolute atomic E-state index is 11.3. The van der Waals surface area contributed by atoms with Gasteiger partial charge in [0.25, 0.3) is 0 Å². The maximum Gasteiger partial charge on any atom is 0.490 e. The Balaban J connectivity index is 0.000000321. The van der Waals surface area contributed by atoms with E-state index in [9.17, 15) is 23.1 Å². The first-order chi connectivity index (χ1) is 12.6. The van der Waals surface area contributed by atoms with Crippen LogP contribution in [0, 0.1) is 0 Å². The van der Waals surface area contributed by atoms with E-state index in [2.05, 4.69) is 21.5 Å². The summed E-state index contributed by atoms with van der Waals surface area (Å²) in [7, 11) is 1.94. The Morgan fingerprint density at radius 1 is 1.41 bits per heavy atom. The summed E-state index contributed by atoms with van der Waals surface area (Å²) in [5.74, 6) is -3.04. The molecule has 8 nitrogen and oxygen atoms in total. The summed E-state index contributed by atoms with van der Waals surface area (Å²) in [6.45, 7) is 0.426. The van der Waals surface area contributed by atoms with Crippen molar-refractivity contribution in [3.63, 3.8) is 0 Å². The van der Waals surface area contributed by atoms with Crippen LogP contribution in [-0.4, -0.2) is 43.1 Å². The first kappa shape index (κ1) is 20.8. The molecule has 1 saturated carbocycles. The van der Waals surface area contributed by atoms with Gasteiger partial charge in [0, 0.05) is 30.6 Å². The highest BCUT2D eigenvalue weighted by Crippen LogP contribution is 2.39. The molecule has 0 bridgehead atoms.